The van der Waals surface area contributed by atoms with E-state index in [1.807, 2.05) is 18.7 Å². The zero-order valence-electron chi connectivity index (χ0n) is 10.9. The van der Waals surface area contributed by atoms with E-state index < -0.39 is 0 Å². The van der Waals surface area contributed by atoms with Crippen LogP contribution in [0.15, 0.2) is 0 Å². The molecule has 3 atom stereocenters. The molecule has 2 rings (SSSR count). The van der Waals surface area contributed by atoms with Crippen molar-refractivity contribution in [3.63, 3.8) is 0 Å². The van der Waals surface area contributed by atoms with E-state index in [1.165, 1.54) is 6.42 Å². The minimum atomic E-state index is 0.203. The molecule has 3 unspecified atom stereocenters. The second kappa shape index (κ2) is 5.36. The Morgan fingerprint density at radius 2 is 2.18 bits per heavy atom. The van der Waals surface area contributed by atoms with E-state index in [9.17, 15) is 4.79 Å². The van der Waals surface area contributed by atoms with Crippen molar-refractivity contribution >= 4 is 5.91 Å². The fourth-order valence-corrected chi connectivity index (χ4v) is 3.05. The van der Waals surface area contributed by atoms with Gasteiger partial charge >= 0.3 is 0 Å². The maximum atomic E-state index is 12.0. The van der Waals surface area contributed by atoms with Gasteiger partial charge in [0.15, 0.2) is 0 Å². The van der Waals surface area contributed by atoms with Gasteiger partial charge in [-0.2, -0.15) is 0 Å². The Morgan fingerprint density at radius 3 is 2.82 bits per heavy atom. The van der Waals surface area contributed by atoms with Crippen molar-refractivity contribution in [3.05, 3.63) is 0 Å². The topological polar surface area (TPSA) is 55.6 Å². The molecule has 2 fully saturated rings. The maximum absolute atomic E-state index is 12.0. The van der Waals surface area contributed by atoms with E-state index in [0.717, 1.165) is 19.5 Å². The highest BCUT2D eigenvalue weighted by Gasteiger charge is 2.42. The van der Waals surface area contributed by atoms with E-state index >= 15 is 0 Å². The third kappa shape index (κ3) is 2.99. The number of nitrogens with zero attached hydrogens (tertiary/aromatic N) is 1. The van der Waals surface area contributed by atoms with Crippen LogP contribution in [0.1, 0.15) is 33.1 Å². The lowest BCUT2D eigenvalue weighted by atomic mass is 9.98. The quantitative estimate of drug-likeness (QED) is 0.797. The Morgan fingerprint density at radius 1 is 1.41 bits per heavy atom. The molecule has 0 aromatic rings. The lowest BCUT2D eigenvalue weighted by molar-refractivity contribution is -0.131. The summed E-state index contributed by atoms with van der Waals surface area (Å²) in [6, 6.07) is 0.310. The molecule has 1 aliphatic heterocycles. The maximum Gasteiger partial charge on any atom is 0.224 e. The molecular weight excluding hydrogens is 216 g/mol. The number of hydrogen-bond donors (Lipinski definition) is 1. The zero-order chi connectivity index (χ0) is 12.4. The van der Waals surface area contributed by atoms with Gasteiger partial charge in [-0.25, -0.2) is 0 Å². The summed E-state index contributed by atoms with van der Waals surface area (Å²) in [4.78, 5) is 14.0. The molecule has 0 aromatic heterocycles. The van der Waals surface area contributed by atoms with Gasteiger partial charge in [0.25, 0.3) is 0 Å². The van der Waals surface area contributed by atoms with Gasteiger partial charge in [0.1, 0.15) is 0 Å². The van der Waals surface area contributed by atoms with E-state index in [1.54, 1.807) is 0 Å². The van der Waals surface area contributed by atoms with Crippen LogP contribution in [0.3, 0.4) is 0 Å². The van der Waals surface area contributed by atoms with E-state index in [0.29, 0.717) is 30.9 Å². The summed E-state index contributed by atoms with van der Waals surface area (Å²) >= 11 is 0. The number of likely N-dealkylation sites (tertiary alicyclic amines) is 1. The lowest BCUT2D eigenvalue weighted by Gasteiger charge is -2.19. The molecule has 0 bridgehead atoms. The average Bonchev–Trinajstić information content (AvgIpc) is 2.81. The molecule has 2 aliphatic rings. The molecule has 0 spiro atoms. The molecule has 4 nitrogen and oxygen atoms in total. The van der Waals surface area contributed by atoms with E-state index in [4.69, 9.17) is 10.5 Å². The first-order chi connectivity index (χ1) is 8.08. The van der Waals surface area contributed by atoms with Crippen LogP contribution < -0.4 is 5.73 Å². The number of hydrogen-bond acceptors (Lipinski definition) is 3. The van der Waals surface area contributed by atoms with Crippen molar-refractivity contribution in [1.82, 2.24) is 4.90 Å². The molecule has 0 radical (unpaired) electrons. The molecule has 1 heterocycles. The minimum Gasteiger partial charge on any atom is -0.378 e. The third-order valence-corrected chi connectivity index (χ3v) is 4.03. The fourth-order valence-electron chi connectivity index (χ4n) is 3.05. The number of nitrogens with two attached hydrogens (primary N) is 1. The van der Waals surface area contributed by atoms with Crippen molar-refractivity contribution in [3.8, 4) is 0 Å². The van der Waals surface area contributed by atoms with Gasteiger partial charge in [-0.3, -0.25) is 4.79 Å². The molecule has 17 heavy (non-hydrogen) atoms. The second-order valence-corrected chi connectivity index (χ2v) is 5.63. The first kappa shape index (κ1) is 12.8. The second-order valence-electron chi connectivity index (χ2n) is 5.63. The lowest BCUT2D eigenvalue weighted by Crippen LogP contribution is -2.34. The highest BCUT2D eigenvalue weighted by molar-refractivity contribution is 5.76. The SMILES string of the molecule is CC(C)OCCC(=O)N1CC2CCC(N)C2C1. The standard InChI is InChI=1S/C13H24N2O2/c1-9(2)17-6-5-13(16)15-7-10-3-4-12(14)11(10)8-15/h9-12H,3-8,14H2,1-2H3. The van der Waals surface area contributed by atoms with Crippen LogP contribution in [-0.4, -0.2) is 42.6 Å². The van der Waals surface area contributed by atoms with E-state index in [-0.39, 0.29) is 12.0 Å². The van der Waals surface area contributed by atoms with Crippen LogP contribution >= 0.6 is 0 Å². The molecule has 1 amide bonds. The van der Waals surface area contributed by atoms with Crippen molar-refractivity contribution in [2.24, 2.45) is 17.6 Å². The Kier molecular flexibility index (Phi) is 4.05. The van der Waals surface area contributed by atoms with Gasteiger partial charge in [-0.1, -0.05) is 0 Å². The molecule has 0 aromatic carbocycles. The molecule has 1 saturated heterocycles. The number of rotatable bonds is 4. The largest absolute Gasteiger partial charge is 0.378 e. The number of fused-ring (bicyclic) bond motifs is 1. The summed E-state index contributed by atoms with van der Waals surface area (Å²) in [6.45, 7) is 6.30. The highest BCUT2D eigenvalue weighted by atomic mass is 16.5. The number of carbonyl (C=O) groups excluding carboxylic acids is 1. The first-order valence-corrected chi connectivity index (χ1v) is 6.73. The molecule has 1 saturated carbocycles. The predicted molar refractivity (Wildman–Crippen MR) is 66.5 cm³/mol. The van der Waals surface area contributed by atoms with Crippen LogP contribution in [0.4, 0.5) is 0 Å². The van der Waals surface area contributed by atoms with Crippen LogP contribution in [0.25, 0.3) is 0 Å². The summed E-state index contributed by atoms with van der Waals surface area (Å²) in [5.74, 6) is 1.43. The first-order valence-electron chi connectivity index (χ1n) is 6.73. The number of ether oxygens (including phenoxy) is 1. The monoisotopic (exact) mass is 240 g/mol. The number of carbonyl (C=O) groups is 1. The Hall–Kier alpha value is -0.610. The fraction of sp³-hybridized carbons (Fsp3) is 0.923. The summed E-state index contributed by atoms with van der Waals surface area (Å²) in [7, 11) is 0. The van der Waals surface area contributed by atoms with Crippen molar-refractivity contribution < 1.29 is 9.53 Å². The van der Waals surface area contributed by atoms with Gasteiger partial charge in [0.2, 0.25) is 5.91 Å². The number of amides is 1. The van der Waals surface area contributed by atoms with Gasteiger partial charge in [-0.15, -0.1) is 0 Å². The van der Waals surface area contributed by atoms with Gasteiger partial charge in [0, 0.05) is 19.1 Å². The average molecular weight is 240 g/mol. The van der Waals surface area contributed by atoms with Gasteiger partial charge < -0.3 is 15.4 Å². The molecule has 2 N–H and O–H groups in total. The molecule has 98 valence electrons. The van der Waals surface area contributed by atoms with E-state index in [2.05, 4.69) is 0 Å². The summed E-state index contributed by atoms with van der Waals surface area (Å²) in [5, 5.41) is 0. The van der Waals surface area contributed by atoms with Gasteiger partial charge in [0.05, 0.1) is 19.1 Å². The highest BCUT2D eigenvalue weighted by Crippen LogP contribution is 2.37. The van der Waals surface area contributed by atoms with Crippen LogP contribution in [0.5, 0.6) is 0 Å². The third-order valence-electron chi connectivity index (χ3n) is 4.03. The Bertz CT molecular complexity index is 281. The van der Waals surface area contributed by atoms with Crippen molar-refractivity contribution in [2.75, 3.05) is 19.7 Å². The molecule has 1 aliphatic carbocycles. The van der Waals surface area contributed by atoms with Crippen LogP contribution in [0.2, 0.25) is 0 Å². The minimum absolute atomic E-state index is 0.203. The van der Waals surface area contributed by atoms with Crippen LogP contribution in [-0.2, 0) is 9.53 Å². The smallest absolute Gasteiger partial charge is 0.224 e. The Balaban J connectivity index is 1.75. The summed E-state index contributed by atoms with van der Waals surface area (Å²) in [6.07, 6.45) is 3.04. The summed E-state index contributed by atoms with van der Waals surface area (Å²) in [5.41, 5.74) is 6.06. The molecular formula is C13H24N2O2. The van der Waals surface area contributed by atoms with Gasteiger partial charge in [-0.05, 0) is 38.5 Å². The normalized spacial score (nSPS) is 32.2. The van der Waals surface area contributed by atoms with Crippen molar-refractivity contribution in [2.45, 2.75) is 45.3 Å². The summed E-state index contributed by atoms with van der Waals surface area (Å²) < 4.78 is 5.41. The van der Waals surface area contributed by atoms with Crippen molar-refractivity contribution in [1.29, 1.82) is 0 Å². The van der Waals surface area contributed by atoms with Crippen LogP contribution in [0, 0.1) is 11.8 Å². The Labute approximate surface area is 103 Å². The molecule has 4 heteroatoms. The zero-order valence-corrected chi connectivity index (χ0v) is 10.9. The predicted octanol–water partition coefficient (Wildman–Crippen LogP) is 0.997.